The van der Waals surface area contributed by atoms with E-state index in [9.17, 15) is 4.79 Å². The summed E-state index contributed by atoms with van der Waals surface area (Å²) >= 11 is 1.69. The summed E-state index contributed by atoms with van der Waals surface area (Å²) in [5, 5.41) is 0. The fourth-order valence-electron chi connectivity index (χ4n) is 2.93. The predicted octanol–water partition coefficient (Wildman–Crippen LogP) is 2.97. The minimum absolute atomic E-state index is 0. The fraction of sp³-hybridized carbons (Fsp3) is 0.353. The number of benzene rings is 1. The normalized spacial score (nSPS) is 20.7. The smallest absolute Gasteiger partial charge is 0.227 e. The molecule has 0 saturated carbocycles. The van der Waals surface area contributed by atoms with E-state index in [1.807, 2.05) is 29.2 Å². The molecule has 3 rings (SSSR count). The summed E-state index contributed by atoms with van der Waals surface area (Å²) in [6.07, 6.45) is 0.493. The third-order valence-corrected chi connectivity index (χ3v) is 5.07. The molecule has 1 amide bonds. The average Bonchev–Trinajstić information content (AvgIpc) is 3.06. The molecule has 2 atom stereocenters. The lowest BCUT2D eigenvalue weighted by atomic mass is 9.95. The van der Waals surface area contributed by atoms with Crippen LogP contribution >= 0.6 is 23.7 Å². The van der Waals surface area contributed by atoms with Gasteiger partial charge in [-0.3, -0.25) is 4.79 Å². The molecule has 0 radical (unpaired) electrons. The quantitative estimate of drug-likeness (QED) is 0.936. The Morgan fingerprint density at radius 2 is 1.95 bits per heavy atom. The third kappa shape index (κ3) is 3.69. The Labute approximate surface area is 141 Å². The van der Waals surface area contributed by atoms with Crippen LogP contribution in [0.1, 0.15) is 21.2 Å². The van der Waals surface area contributed by atoms with Crippen LogP contribution in [0.5, 0.6) is 0 Å². The van der Waals surface area contributed by atoms with Gasteiger partial charge in [0.2, 0.25) is 5.91 Å². The van der Waals surface area contributed by atoms with E-state index in [2.05, 4.69) is 25.1 Å². The molecule has 1 aromatic heterocycles. The van der Waals surface area contributed by atoms with Crippen LogP contribution in [-0.2, 0) is 11.2 Å². The van der Waals surface area contributed by atoms with Crippen molar-refractivity contribution in [3.63, 3.8) is 0 Å². The summed E-state index contributed by atoms with van der Waals surface area (Å²) in [6, 6.07) is 14.4. The van der Waals surface area contributed by atoms with Crippen molar-refractivity contribution in [3.05, 3.63) is 57.8 Å². The summed E-state index contributed by atoms with van der Waals surface area (Å²) in [4.78, 5) is 16.7. The lowest BCUT2D eigenvalue weighted by Gasteiger charge is -2.16. The lowest BCUT2D eigenvalue weighted by Crippen LogP contribution is -2.32. The SMILES string of the molecule is Cc1ccc(CC(=O)N2C[C@@H](N)[C@H](c3ccccc3)C2)s1.Cl. The first kappa shape index (κ1) is 17.0. The maximum Gasteiger partial charge on any atom is 0.227 e. The maximum atomic E-state index is 12.4. The lowest BCUT2D eigenvalue weighted by molar-refractivity contribution is -0.129. The number of likely N-dealkylation sites (tertiary alicyclic amines) is 1. The highest BCUT2D eigenvalue weighted by Crippen LogP contribution is 2.27. The zero-order chi connectivity index (χ0) is 14.8. The molecular weight excluding hydrogens is 316 g/mol. The Kier molecular flexibility index (Phi) is 5.62. The van der Waals surface area contributed by atoms with Gasteiger partial charge < -0.3 is 10.6 Å². The van der Waals surface area contributed by atoms with Crippen LogP contribution in [0.3, 0.4) is 0 Å². The van der Waals surface area contributed by atoms with Gasteiger partial charge in [-0.05, 0) is 24.6 Å². The zero-order valence-corrected chi connectivity index (χ0v) is 14.2. The van der Waals surface area contributed by atoms with Crippen molar-refractivity contribution < 1.29 is 4.79 Å². The molecule has 0 spiro atoms. The number of carbonyl (C=O) groups excluding carboxylic acids is 1. The molecular formula is C17H21ClN2OS. The number of halogens is 1. The van der Waals surface area contributed by atoms with Gasteiger partial charge in [-0.25, -0.2) is 0 Å². The number of thiophene rings is 1. The monoisotopic (exact) mass is 336 g/mol. The number of aryl methyl sites for hydroxylation is 1. The summed E-state index contributed by atoms with van der Waals surface area (Å²) in [5.41, 5.74) is 7.47. The molecule has 0 unspecified atom stereocenters. The molecule has 2 N–H and O–H groups in total. The van der Waals surface area contributed by atoms with E-state index in [0.29, 0.717) is 13.0 Å². The van der Waals surface area contributed by atoms with E-state index in [-0.39, 0.29) is 30.3 Å². The van der Waals surface area contributed by atoms with Gasteiger partial charge in [0.15, 0.2) is 0 Å². The Balaban J connectivity index is 0.00000176. The third-order valence-electron chi connectivity index (χ3n) is 4.07. The summed E-state index contributed by atoms with van der Waals surface area (Å²) in [6.45, 7) is 3.45. The molecule has 118 valence electrons. The molecule has 22 heavy (non-hydrogen) atoms. The highest BCUT2D eigenvalue weighted by molar-refractivity contribution is 7.12. The zero-order valence-electron chi connectivity index (χ0n) is 12.6. The molecule has 0 bridgehead atoms. The number of hydrogen-bond acceptors (Lipinski definition) is 3. The van der Waals surface area contributed by atoms with Gasteiger partial charge in [0, 0.05) is 34.8 Å². The molecule has 1 aliphatic rings. The minimum Gasteiger partial charge on any atom is -0.340 e. The number of nitrogens with zero attached hydrogens (tertiary/aromatic N) is 1. The molecule has 1 saturated heterocycles. The predicted molar refractivity (Wildman–Crippen MR) is 93.7 cm³/mol. The number of amides is 1. The van der Waals surface area contributed by atoms with Gasteiger partial charge in [0.1, 0.15) is 0 Å². The number of nitrogens with two attached hydrogens (primary N) is 1. The van der Waals surface area contributed by atoms with Crippen molar-refractivity contribution in [3.8, 4) is 0 Å². The second-order valence-corrected chi connectivity index (χ2v) is 7.04. The largest absolute Gasteiger partial charge is 0.340 e. The summed E-state index contributed by atoms with van der Waals surface area (Å²) in [5.74, 6) is 0.436. The highest BCUT2D eigenvalue weighted by Gasteiger charge is 2.33. The van der Waals surface area contributed by atoms with Gasteiger partial charge in [-0.1, -0.05) is 30.3 Å². The molecule has 2 aromatic rings. The minimum atomic E-state index is 0. The standard InChI is InChI=1S/C17H20N2OS.ClH/c1-12-7-8-14(21-12)9-17(20)19-10-15(16(18)11-19)13-5-3-2-4-6-13;/h2-8,15-16H,9-11,18H2,1H3;1H/t15-,16+;/m0./s1. The highest BCUT2D eigenvalue weighted by atomic mass is 35.5. The van der Waals surface area contributed by atoms with Gasteiger partial charge in [-0.2, -0.15) is 0 Å². The van der Waals surface area contributed by atoms with Crippen molar-refractivity contribution in [2.24, 2.45) is 5.73 Å². The number of carbonyl (C=O) groups is 1. The average molecular weight is 337 g/mol. The van der Waals surface area contributed by atoms with Gasteiger partial charge >= 0.3 is 0 Å². The second kappa shape index (κ2) is 7.27. The molecule has 1 aromatic carbocycles. The van der Waals surface area contributed by atoms with Crippen LogP contribution in [0.15, 0.2) is 42.5 Å². The number of hydrogen-bond donors (Lipinski definition) is 1. The molecule has 3 nitrogen and oxygen atoms in total. The molecule has 1 aliphatic heterocycles. The first-order valence-corrected chi connectivity index (χ1v) is 8.09. The van der Waals surface area contributed by atoms with E-state index in [4.69, 9.17) is 5.73 Å². The van der Waals surface area contributed by atoms with Crippen molar-refractivity contribution >= 4 is 29.7 Å². The summed E-state index contributed by atoms with van der Waals surface area (Å²) < 4.78 is 0. The van der Waals surface area contributed by atoms with Crippen molar-refractivity contribution in [2.75, 3.05) is 13.1 Å². The Morgan fingerprint density at radius 3 is 2.59 bits per heavy atom. The second-order valence-electron chi connectivity index (χ2n) is 5.67. The van der Waals surface area contributed by atoms with Crippen LogP contribution in [0.25, 0.3) is 0 Å². The van der Waals surface area contributed by atoms with E-state index in [0.717, 1.165) is 11.4 Å². The molecule has 1 fully saturated rings. The maximum absolute atomic E-state index is 12.4. The summed E-state index contributed by atoms with van der Waals surface area (Å²) in [7, 11) is 0. The van der Waals surface area contributed by atoms with Crippen LogP contribution in [-0.4, -0.2) is 29.9 Å². The van der Waals surface area contributed by atoms with Crippen molar-refractivity contribution in [2.45, 2.75) is 25.3 Å². The first-order chi connectivity index (χ1) is 10.1. The van der Waals surface area contributed by atoms with Crippen LogP contribution in [0.2, 0.25) is 0 Å². The van der Waals surface area contributed by atoms with Gasteiger partial charge in [0.25, 0.3) is 0 Å². The first-order valence-electron chi connectivity index (χ1n) is 7.27. The van der Waals surface area contributed by atoms with Gasteiger partial charge in [0.05, 0.1) is 6.42 Å². The van der Waals surface area contributed by atoms with Crippen LogP contribution in [0.4, 0.5) is 0 Å². The fourth-order valence-corrected chi connectivity index (χ4v) is 3.81. The Hall–Kier alpha value is -1.36. The van der Waals surface area contributed by atoms with Crippen molar-refractivity contribution in [1.29, 1.82) is 0 Å². The topological polar surface area (TPSA) is 46.3 Å². The van der Waals surface area contributed by atoms with Gasteiger partial charge in [-0.15, -0.1) is 23.7 Å². The van der Waals surface area contributed by atoms with Crippen molar-refractivity contribution in [1.82, 2.24) is 4.90 Å². The Morgan fingerprint density at radius 1 is 1.23 bits per heavy atom. The van der Waals surface area contributed by atoms with E-state index in [1.165, 1.54) is 10.4 Å². The van der Waals surface area contributed by atoms with Crippen LogP contribution < -0.4 is 5.73 Å². The molecule has 2 heterocycles. The van der Waals surface area contributed by atoms with E-state index < -0.39 is 0 Å². The van der Waals surface area contributed by atoms with E-state index in [1.54, 1.807) is 11.3 Å². The molecule has 5 heteroatoms. The van der Waals surface area contributed by atoms with E-state index >= 15 is 0 Å². The van der Waals surface area contributed by atoms with Crippen LogP contribution in [0, 0.1) is 6.92 Å². The molecule has 0 aliphatic carbocycles. The number of rotatable bonds is 3. The Bertz CT molecular complexity index is 629.